The number of halogens is 1. The number of hydrogen-bond donors (Lipinski definition) is 2. The molecule has 0 saturated heterocycles. The number of phenols is 1. The number of rotatable bonds is 8. The summed E-state index contributed by atoms with van der Waals surface area (Å²) in [6.07, 6.45) is 0.699. The monoisotopic (exact) mass is 455 g/mol. The number of aromatic nitrogens is 2. The second-order valence-corrected chi connectivity index (χ2v) is 8.14. The molecule has 3 aromatic rings. The van der Waals surface area contributed by atoms with E-state index >= 15 is 0 Å². The van der Waals surface area contributed by atoms with E-state index in [1.54, 1.807) is 19.2 Å². The van der Waals surface area contributed by atoms with Crippen molar-refractivity contribution in [2.45, 2.75) is 26.3 Å². The molecule has 0 saturated carbocycles. The predicted molar refractivity (Wildman–Crippen MR) is 122 cm³/mol. The molecule has 0 bridgehead atoms. The molecule has 1 amide bonds. The van der Waals surface area contributed by atoms with Crippen molar-refractivity contribution in [2.24, 2.45) is 0 Å². The van der Waals surface area contributed by atoms with E-state index in [2.05, 4.69) is 10.2 Å². The number of ether oxygens (including phenoxy) is 2. The Kier molecular flexibility index (Phi) is 6.39. The average molecular weight is 456 g/mol. The normalized spacial score (nSPS) is 15.3. The van der Waals surface area contributed by atoms with Gasteiger partial charge >= 0.3 is 0 Å². The van der Waals surface area contributed by atoms with E-state index in [-0.39, 0.29) is 17.7 Å². The van der Waals surface area contributed by atoms with Crippen LogP contribution in [0.3, 0.4) is 0 Å². The Hall–Kier alpha value is -3.03. The minimum atomic E-state index is -0.363. The fourth-order valence-corrected chi connectivity index (χ4v) is 4.29. The Morgan fingerprint density at radius 1 is 1.25 bits per heavy atom. The molecule has 0 radical (unpaired) electrons. The Morgan fingerprint density at radius 2 is 2.00 bits per heavy atom. The standard InChI is InChI=1S/C24H26ClN3O4/c1-4-32-16-8-6-15(7-9-16)23-20-21(17-13-18(25)14(2)12-19(17)29)26-27-22(20)24(30)28(23)10-5-11-31-3/h6-9,12-13,23,29H,4-5,10-11H2,1-3H3,(H,26,27). The number of aryl methyl sites for hydroxylation is 1. The maximum Gasteiger partial charge on any atom is 0.273 e. The zero-order valence-electron chi connectivity index (χ0n) is 18.3. The van der Waals surface area contributed by atoms with E-state index in [1.165, 1.54) is 0 Å². The number of benzene rings is 2. The molecule has 4 rings (SSSR count). The largest absolute Gasteiger partial charge is 0.507 e. The molecule has 1 atom stereocenters. The van der Waals surface area contributed by atoms with Crippen LogP contribution in [0.25, 0.3) is 11.3 Å². The summed E-state index contributed by atoms with van der Waals surface area (Å²) < 4.78 is 10.8. The van der Waals surface area contributed by atoms with Gasteiger partial charge in [0.05, 0.1) is 12.6 Å². The molecule has 1 aromatic heterocycles. The first-order chi connectivity index (χ1) is 15.5. The number of fused-ring (bicyclic) bond motifs is 1. The lowest BCUT2D eigenvalue weighted by Crippen LogP contribution is -2.31. The Bertz CT molecular complexity index is 1130. The van der Waals surface area contributed by atoms with Gasteiger partial charge in [-0.2, -0.15) is 5.10 Å². The highest BCUT2D eigenvalue weighted by Crippen LogP contribution is 2.45. The molecule has 0 spiro atoms. The topological polar surface area (TPSA) is 87.7 Å². The fourth-order valence-electron chi connectivity index (χ4n) is 4.13. The molecule has 0 aliphatic carbocycles. The number of methoxy groups -OCH3 is 1. The molecular formula is C24H26ClN3O4. The number of aromatic hydroxyl groups is 1. The lowest BCUT2D eigenvalue weighted by Gasteiger charge is -2.26. The second-order valence-electron chi connectivity index (χ2n) is 7.73. The molecule has 2 heterocycles. The molecule has 1 unspecified atom stereocenters. The summed E-state index contributed by atoms with van der Waals surface area (Å²) in [6.45, 7) is 5.41. The minimum absolute atomic E-state index is 0.0666. The maximum absolute atomic E-state index is 13.3. The number of hydrogen-bond acceptors (Lipinski definition) is 5. The summed E-state index contributed by atoms with van der Waals surface area (Å²) >= 11 is 6.34. The predicted octanol–water partition coefficient (Wildman–Crippen LogP) is 4.72. The maximum atomic E-state index is 13.3. The van der Waals surface area contributed by atoms with Gasteiger partial charge in [0.2, 0.25) is 0 Å². The van der Waals surface area contributed by atoms with Gasteiger partial charge in [0.1, 0.15) is 22.9 Å². The summed E-state index contributed by atoms with van der Waals surface area (Å²) in [5, 5.41) is 18.5. The van der Waals surface area contributed by atoms with Crippen LogP contribution in [0.5, 0.6) is 11.5 Å². The first-order valence-corrected chi connectivity index (χ1v) is 10.9. The van der Waals surface area contributed by atoms with Crippen LogP contribution in [0.1, 0.15) is 46.6 Å². The molecule has 168 valence electrons. The van der Waals surface area contributed by atoms with Crippen LogP contribution in [0.15, 0.2) is 36.4 Å². The van der Waals surface area contributed by atoms with E-state index in [1.807, 2.05) is 43.0 Å². The highest BCUT2D eigenvalue weighted by Gasteiger charge is 2.42. The van der Waals surface area contributed by atoms with Crippen LogP contribution < -0.4 is 4.74 Å². The molecule has 1 aliphatic heterocycles. The third kappa shape index (κ3) is 3.94. The van der Waals surface area contributed by atoms with Crippen LogP contribution >= 0.6 is 11.6 Å². The van der Waals surface area contributed by atoms with Gasteiger partial charge in [-0.05, 0) is 55.7 Å². The highest BCUT2D eigenvalue weighted by molar-refractivity contribution is 6.31. The van der Waals surface area contributed by atoms with Crippen molar-refractivity contribution in [3.8, 4) is 22.8 Å². The number of nitrogens with one attached hydrogen (secondary N) is 1. The van der Waals surface area contributed by atoms with Crippen LogP contribution in [0, 0.1) is 6.92 Å². The van der Waals surface area contributed by atoms with Gasteiger partial charge in [-0.3, -0.25) is 9.89 Å². The van der Waals surface area contributed by atoms with Gasteiger partial charge in [0.15, 0.2) is 0 Å². The Morgan fingerprint density at radius 3 is 2.69 bits per heavy atom. The van der Waals surface area contributed by atoms with Crippen LogP contribution in [0.4, 0.5) is 0 Å². The van der Waals surface area contributed by atoms with E-state index < -0.39 is 0 Å². The van der Waals surface area contributed by atoms with Gasteiger partial charge in [0, 0.05) is 36.4 Å². The number of amides is 1. The number of aromatic amines is 1. The van der Waals surface area contributed by atoms with Gasteiger partial charge in [-0.25, -0.2) is 0 Å². The van der Waals surface area contributed by atoms with Crippen molar-refractivity contribution >= 4 is 17.5 Å². The molecule has 2 aromatic carbocycles. The summed E-state index contributed by atoms with van der Waals surface area (Å²) in [4.78, 5) is 15.1. The SMILES string of the molecule is CCOc1ccc(C2c3c(-c4cc(Cl)c(C)cc4O)n[nH]c3C(=O)N2CCCOC)cc1. The number of H-pyrrole nitrogens is 1. The van der Waals surface area contributed by atoms with E-state index in [4.69, 9.17) is 21.1 Å². The van der Waals surface area contributed by atoms with Crippen LogP contribution in [-0.4, -0.2) is 53.0 Å². The molecule has 32 heavy (non-hydrogen) atoms. The molecule has 1 aliphatic rings. The second kappa shape index (κ2) is 9.22. The first-order valence-electron chi connectivity index (χ1n) is 10.6. The van der Waals surface area contributed by atoms with Crippen molar-refractivity contribution in [3.63, 3.8) is 0 Å². The van der Waals surface area contributed by atoms with Gasteiger partial charge < -0.3 is 19.5 Å². The van der Waals surface area contributed by atoms with Crippen LogP contribution in [-0.2, 0) is 4.74 Å². The van der Waals surface area contributed by atoms with E-state index in [0.29, 0.717) is 48.2 Å². The number of carbonyl (C=O) groups excluding carboxylic acids is 1. The fraction of sp³-hybridized carbons (Fsp3) is 0.333. The van der Waals surface area contributed by atoms with Crippen molar-refractivity contribution in [1.82, 2.24) is 15.1 Å². The molecule has 0 fully saturated rings. The molecule has 8 heteroatoms. The lowest BCUT2D eigenvalue weighted by molar-refractivity contribution is 0.0723. The third-order valence-electron chi connectivity index (χ3n) is 5.65. The number of nitrogens with zero attached hydrogens (tertiary/aromatic N) is 2. The summed E-state index contributed by atoms with van der Waals surface area (Å²) in [5.74, 6) is 0.700. The van der Waals surface area contributed by atoms with Crippen molar-refractivity contribution in [3.05, 3.63) is 63.8 Å². The van der Waals surface area contributed by atoms with Crippen molar-refractivity contribution < 1.29 is 19.4 Å². The third-order valence-corrected chi connectivity index (χ3v) is 6.06. The summed E-state index contributed by atoms with van der Waals surface area (Å²) in [7, 11) is 1.64. The zero-order chi connectivity index (χ0) is 22.8. The smallest absolute Gasteiger partial charge is 0.273 e. The van der Waals surface area contributed by atoms with E-state index in [9.17, 15) is 9.90 Å². The van der Waals surface area contributed by atoms with Crippen molar-refractivity contribution in [1.29, 1.82) is 0 Å². The minimum Gasteiger partial charge on any atom is -0.507 e. The first kappa shape index (κ1) is 22.2. The highest BCUT2D eigenvalue weighted by atomic mass is 35.5. The number of phenolic OH excluding ortho intramolecular Hbond substituents is 1. The van der Waals surface area contributed by atoms with Gasteiger partial charge in [-0.15, -0.1) is 0 Å². The lowest BCUT2D eigenvalue weighted by atomic mass is 9.95. The summed E-state index contributed by atoms with van der Waals surface area (Å²) in [5.41, 5.74) is 3.85. The quantitative estimate of drug-likeness (QED) is 0.479. The zero-order valence-corrected chi connectivity index (χ0v) is 19.1. The molecular weight excluding hydrogens is 430 g/mol. The molecule has 2 N–H and O–H groups in total. The summed E-state index contributed by atoms with van der Waals surface area (Å²) in [6, 6.07) is 10.6. The van der Waals surface area contributed by atoms with Gasteiger partial charge in [-0.1, -0.05) is 23.7 Å². The Labute approximate surface area is 191 Å². The number of carbonyl (C=O) groups is 1. The van der Waals surface area contributed by atoms with Crippen LogP contribution in [0.2, 0.25) is 5.02 Å². The Balaban J connectivity index is 1.82. The average Bonchev–Trinajstić information content (AvgIpc) is 3.31. The van der Waals surface area contributed by atoms with Crippen molar-refractivity contribution in [2.75, 3.05) is 26.9 Å². The van der Waals surface area contributed by atoms with E-state index in [0.717, 1.165) is 22.4 Å². The van der Waals surface area contributed by atoms with Gasteiger partial charge in [0.25, 0.3) is 5.91 Å². The molecule has 7 nitrogen and oxygen atoms in total.